The summed E-state index contributed by atoms with van der Waals surface area (Å²) in [5, 5.41) is 10.3. The Morgan fingerprint density at radius 1 is 1.10 bits per heavy atom. The number of carbonyl (C=O) groups excluding carboxylic acids is 2. The van der Waals surface area contributed by atoms with E-state index in [9.17, 15) is 14.7 Å². The molecule has 1 aliphatic rings. The van der Waals surface area contributed by atoms with Gasteiger partial charge in [0.15, 0.2) is 29.1 Å². The number of hydrogen-bond donors (Lipinski definition) is 2. The van der Waals surface area contributed by atoms with Gasteiger partial charge in [-0.15, -0.1) is 6.58 Å². The number of ether oxygens (including phenoxy) is 4. The van der Waals surface area contributed by atoms with Gasteiger partial charge in [0.25, 0.3) is 0 Å². The lowest BCUT2D eigenvalue weighted by atomic mass is 9.95. The normalized spacial score (nSPS) is 21.9. The van der Waals surface area contributed by atoms with Crippen LogP contribution in [0, 0.1) is 0 Å². The van der Waals surface area contributed by atoms with Crippen LogP contribution in [-0.4, -0.2) is 67.6 Å². The molecule has 12 nitrogen and oxygen atoms in total. The number of nitrogens with zero attached hydrogens (tertiary/aromatic N) is 4. The number of anilines is 1. The molecule has 2 aromatic carbocycles. The van der Waals surface area contributed by atoms with Crippen LogP contribution in [0.2, 0.25) is 0 Å². The van der Waals surface area contributed by atoms with E-state index in [1.807, 2.05) is 0 Å². The number of imidazole rings is 1. The maximum atomic E-state index is 13.4. The van der Waals surface area contributed by atoms with Crippen molar-refractivity contribution in [3.05, 3.63) is 90.8 Å². The molecule has 3 heterocycles. The smallest absolute Gasteiger partial charge is 0.338 e. The number of nitrogens with two attached hydrogens (primary N) is 1. The second-order valence-electron chi connectivity index (χ2n) is 9.48. The molecule has 41 heavy (non-hydrogen) atoms. The molecule has 0 saturated carbocycles. The second kappa shape index (κ2) is 11.7. The van der Waals surface area contributed by atoms with E-state index in [1.165, 1.54) is 10.9 Å². The fourth-order valence-electron chi connectivity index (χ4n) is 4.67. The average Bonchev–Trinajstić information content (AvgIpc) is 3.52. The summed E-state index contributed by atoms with van der Waals surface area (Å²) in [7, 11) is 0. The van der Waals surface area contributed by atoms with Gasteiger partial charge in [-0.3, -0.25) is 4.57 Å². The standard InChI is InChI=1S/C29H29N5O7/c1-3-4-15-38-24-21-23(32-28(30)33-24)34(17-31-21)27-29(2,41-26(37)19-13-9-6-10-14-19)22(20(16-35)39-27)40-25(36)18-11-7-5-8-12-18/h3,5-14,17,20,22,27,35H,1,4,15-16H2,2H3,(H2,30,32,33)/t20?,22-,27?,29-/m1/s1. The van der Waals surface area contributed by atoms with E-state index in [4.69, 9.17) is 24.7 Å². The van der Waals surface area contributed by atoms with Gasteiger partial charge in [-0.25, -0.2) is 14.6 Å². The van der Waals surface area contributed by atoms with Crippen LogP contribution in [0.15, 0.2) is 79.6 Å². The number of hydrogen-bond acceptors (Lipinski definition) is 11. The molecule has 3 N–H and O–H groups in total. The van der Waals surface area contributed by atoms with Crippen LogP contribution in [-0.2, 0) is 14.2 Å². The first-order valence-corrected chi connectivity index (χ1v) is 12.9. The summed E-state index contributed by atoms with van der Waals surface area (Å²) in [6, 6.07) is 16.7. The molecule has 1 aliphatic heterocycles. The third-order valence-electron chi connectivity index (χ3n) is 6.66. The van der Waals surface area contributed by atoms with Crippen molar-refractivity contribution in [1.82, 2.24) is 19.5 Å². The fraction of sp³-hybridized carbons (Fsp3) is 0.276. The Bertz CT molecular complexity index is 1550. The molecule has 5 rings (SSSR count). The number of benzene rings is 2. The average molecular weight is 560 g/mol. The molecule has 0 radical (unpaired) electrons. The van der Waals surface area contributed by atoms with E-state index >= 15 is 0 Å². The highest BCUT2D eigenvalue weighted by Gasteiger charge is 2.60. The van der Waals surface area contributed by atoms with Crippen LogP contribution in [0.1, 0.15) is 40.3 Å². The summed E-state index contributed by atoms with van der Waals surface area (Å²) in [5.41, 5.74) is 5.39. The lowest BCUT2D eigenvalue weighted by Gasteiger charge is -2.34. The van der Waals surface area contributed by atoms with Crippen LogP contribution in [0.5, 0.6) is 5.88 Å². The first-order valence-electron chi connectivity index (χ1n) is 12.9. The summed E-state index contributed by atoms with van der Waals surface area (Å²) < 4.78 is 25.4. The maximum absolute atomic E-state index is 13.4. The minimum Gasteiger partial charge on any atom is -0.476 e. The number of carbonyl (C=O) groups is 2. The van der Waals surface area contributed by atoms with Gasteiger partial charge < -0.3 is 29.8 Å². The largest absolute Gasteiger partial charge is 0.476 e. The molecule has 0 aliphatic carbocycles. The zero-order valence-corrected chi connectivity index (χ0v) is 22.3. The number of esters is 2. The lowest BCUT2D eigenvalue weighted by molar-refractivity contribution is -0.108. The first-order chi connectivity index (χ1) is 19.9. The number of aliphatic hydroxyl groups excluding tert-OH is 1. The third-order valence-corrected chi connectivity index (χ3v) is 6.66. The molecule has 0 amide bonds. The van der Waals surface area contributed by atoms with E-state index in [0.29, 0.717) is 13.0 Å². The highest BCUT2D eigenvalue weighted by atomic mass is 16.7. The lowest BCUT2D eigenvalue weighted by Crippen LogP contribution is -2.50. The highest BCUT2D eigenvalue weighted by molar-refractivity contribution is 5.90. The molecule has 2 aromatic heterocycles. The van der Waals surface area contributed by atoms with Crippen LogP contribution in [0.4, 0.5) is 5.95 Å². The number of rotatable bonds is 10. The number of aromatic nitrogens is 4. The SMILES string of the molecule is C=CCCOc1nc(N)nc2c1ncn2C1OC(CO)[C@@H](OC(=O)c2ccccc2)[C@@]1(C)OC(=O)c1ccccc1. The predicted octanol–water partition coefficient (Wildman–Crippen LogP) is 3.09. The predicted molar refractivity (Wildman–Crippen MR) is 147 cm³/mol. The Morgan fingerprint density at radius 3 is 2.39 bits per heavy atom. The molecular weight excluding hydrogens is 530 g/mol. The van der Waals surface area contributed by atoms with Gasteiger partial charge in [0, 0.05) is 0 Å². The number of fused-ring (bicyclic) bond motifs is 1. The van der Waals surface area contributed by atoms with Crippen molar-refractivity contribution in [3.8, 4) is 5.88 Å². The van der Waals surface area contributed by atoms with Crippen LogP contribution >= 0.6 is 0 Å². The van der Waals surface area contributed by atoms with Crippen molar-refractivity contribution in [2.75, 3.05) is 18.9 Å². The maximum Gasteiger partial charge on any atom is 0.338 e. The quantitative estimate of drug-likeness (QED) is 0.167. The highest BCUT2D eigenvalue weighted by Crippen LogP contribution is 2.45. The molecule has 1 saturated heterocycles. The number of aliphatic hydroxyl groups is 1. The minimum absolute atomic E-state index is 0.0837. The Kier molecular flexibility index (Phi) is 7.95. The molecule has 4 atom stereocenters. The van der Waals surface area contributed by atoms with E-state index in [0.717, 1.165) is 0 Å². The zero-order chi connectivity index (χ0) is 29.0. The molecule has 12 heteroatoms. The zero-order valence-electron chi connectivity index (χ0n) is 22.3. The fourth-order valence-corrected chi connectivity index (χ4v) is 4.67. The topological polar surface area (TPSA) is 161 Å². The van der Waals surface area contributed by atoms with Crippen molar-refractivity contribution in [1.29, 1.82) is 0 Å². The van der Waals surface area contributed by atoms with E-state index in [2.05, 4.69) is 21.5 Å². The van der Waals surface area contributed by atoms with Crippen molar-refractivity contribution >= 4 is 29.1 Å². The molecular formula is C29H29N5O7. The molecule has 0 bridgehead atoms. The Balaban J connectivity index is 1.58. The third kappa shape index (κ3) is 5.47. The Hall–Kier alpha value is -4.81. The molecule has 4 aromatic rings. The summed E-state index contributed by atoms with van der Waals surface area (Å²) in [6.45, 7) is 4.99. The van der Waals surface area contributed by atoms with Crippen LogP contribution in [0.3, 0.4) is 0 Å². The van der Waals surface area contributed by atoms with Gasteiger partial charge in [-0.2, -0.15) is 9.97 Å². The molecule has 212 valence electrons. The summed E-state index contributed by atoms with van der Waals surface area (Å²) in [4.78, 5) is 39.4. The summed E-state index contributed by atoms with van der Waals surface area (Å²) >= 11 is 0. The van der Waals surface area contributed by atoms with E-state index in [-0.39, 0.29) is 34.1 Å². The van der Waals surface area contributed by atoms with Gasteiger partial charge in [0.1, 0.15) is 6.10 Å². The Morgan fingerprint density at radius 2 is 1.76 bits per heavy atom. The van der Waals surface area contributed by atoms with Gasteiger partial charge in [0.2, 0.25) is 11.8 Å². The van der Waals surface area contributed by atoms with Crippen LogP contribution in [0.25, 0.3) is 11.2 Å². The Labute approximate surface area is 235 Å². The molecule has 2 unspecified atom stereocenters. The monoisotopic (exact) mass is 559 g/mol. The minimum atomic E-state index is -1.66. The van der Waals surface area contributed by atoms with E-state index < -0.39 is 42.6 Å². The van der Waals surface area contributed by atoms with Crippen LogP contribution < -0.4 is 10.5 Å². The van der Waals surface area contributed by atoms with Gasteiger partial charge in [0.05, 0.1) is 30.7 Å². The van der Waals surface area contributed by atoms with Gasteiger partial charge >= 0.3 is 11.9 Å². The first kappa shape index (κ1) is 27.7. The summed E-state index contributed by atoms with van der Waals surface area (Å²) in [6.07, 6.45) is 0.234. The molecule has 0 spiro atoms. The second-order valence-corrected chi connectivity index (χ2v) is 9.48. The number of nitrogen functional groups attached to an aromatic ring is 1. The van der Waals surface area contributed by atoms with Crippen molar-refractivity contribution in [2.45, 2.75) is 37.4 Å². The van der Waals surface area contributed by atoms with Gasteiger partial charge in [-0.1, -0.05) is 42.5 Å². The van der Waals surface area contributed by atoms with Crippen molar-refractivity contribution in [3.63, 3.8) is 0 Å². The summed E-state index contributed by atoms with van der Waals surface area (Å²) in [5.74, 6) is -1.30. The van der Waals surface area contributed by atoms with E-state index in [1.54, 1.807) is 73.7 Å². The van der Waals surface area contributed by atoms with Gasteiger partial charge in [-0.05, 0) is 37.6 Å². The van der Waals surface area contributed by atoms with Crippen molar-refractivity contribution < 1.29 is 33.6 Å². The van der Waals surface area contributed by atoms with Crippen molar-refractivity contribution in [2.24, 2.45) is 0 Å². The molecule has 1 fully saturated rings.